The molecule has 1 atom stereocenters. The molecule has 1 fully saturated rings. The van der Waals surface area contributed by atoms with Crippen LogP contribution in [0, 0.1) is 6.92 Å². The van der Waals surface area contributed by atoms with E-state index >= 15 is 0 Å². The van der Waals surface area contributed by atoms with Crippen molar-refractivity contribution in [2.75, 3.05) is 13.1 Å². The lowest BCUT2D eigenvalue weighted by Gasteiger charge is -2.31. The maximum Gasteiger partial charge on any atom is 0.270 e. The fraction of sp³-hybridized carbons (Fsp3) is 0.280. The van der Waals surface area contributed by atoms with Gasteiger partial charge in [0.05, 0.1) is 12.1 Å². The molecule has 1 aliphatic rings. The van der Waals surface area contributed by atoms with Crippen molar-refractivity contribution in [2.24, 2.45) is 0 Å². The average Bonchev–Trinajstić information content (AvgIpc) is 3.41. The molecule has 0 aliphatic carbocycles. The number of carbonyl (C=O) groups is 1. The maximum atomic E-state index is 13.1. The number of oxazole rings is 1. The molecular formula is C25H25N3O2. The third-order valence-corrected chi connectivity index (χ3v) is 5.86. The topological polar surface area (TPSA) is 62.1 Å². The largest absolute Gasteiger partial charge is 0.445 e. The number of nitrogens with one attached hydrogen (secondary N) is 1. The quantitative estimate of drug-likeness (QED) is 0.521. The second-order valence-electron chi connectivity index (χ2n) is 8.19. The Morgan fingerprint density at radius 1 is 1.20 bits per heavy atom. The molecular weight excluding hydrogens is 374 g/mol. The molecule has 0 saturated carbocycles. The molecule has 0 spiro atoms. The van der Waals surface area contributed by atoms with Gasteiger partial charge in [-0.1, -0.05) is 42.5 Å². The van der Waals surface area contributed by atoms with Crippen molar-refractivity contribution in [3.63, 3.8) is 0 Å². The number of likely N-dealkylation sites (tertiary alicyclic amines) is 1. The number of fused-ring (bicyclic) bond motifs is 1. The molecule has 2 aromatic heterocycles. The van der Waals surface area contributed by atoms with Gasteiger partial charge in [0.2, 0.25) is 0 Å². The van der Waals surface area contributed by atoms with Crippen molar-refractivity contribution in [2.45, 2.75) is 32.1 Å². The zero-order valence-corrected chi connectivity index (χ0v) is 17.1. The molecule has 4 aromatic rings. The molecule has 1 saturated heterocycles. The number of amides is 1. The van der Waals surface area contributed by atoms with Crippen LogP contribution in [0.4, 0.5) is 0 Å². The summed E-state index contributed by atoms with van der Waals surface area (Å²) in [7, 11) is 0. The highest BCUT2D eigenvalue weighted by molar-refractivity contribution is 5.98. The Morgan fingerprint density at radius 2 is 2.07 bits per heavy atom. The van der Waals surface area contributed by atoms with Crippen LogP contribution < -0.4 is 0 Å². The van der Waals surface area contributed by atoms with Crippen LogP contribution in [-0.4, -0.2) is 33.9 Å². The Bertz CT molecular complexity index is 1180. The summed E-state index contributed by atoms with van der Waals surface area (Å²) in [6.07, 6.45) is 4.49. The summed E-state index contributed by atoms with van der Waals surface area (Å²) >= 11 is 0. The van der Waals surface area contributed by atoms with Crippen LogP contribution in [-0.2, 0) is 6.42 Å². The number of aromatic amines is 1. The minimum absolute atomic E-state index is 0.0459. The lowest BCUT2D eigenvalue weighted by atomic mass is 9.97. The van der Waals surface area contributed by atoms with Crippen molar-refractivity contribution in [3.8, 4) is 0 Å². The smallest absolute Gasteiger partial charge is 0.270 e. The van der Waals surface area contributed by atoms with E-state index in [2.05, 4.69) is 47.2 Å². The molecule has 30 heavy (non-hydrogen) atoms. The van der Waals surface area contributed by atoms with Crippen molar-refractivity contribution in [1.82, 2.24) is 14.9 Å². The highest BCUT2D eigenvalue weighted by Crippen LogP contribution is 2.28. The Hall–Kier alpha value is -3.34. The maximum absolute atomic E-state index is 13.1. The van der Waals surface area contributed by atoms with Gasteiger partial charge < -0.3 is 14.3 Å². The highest BCUT2D eigenvalue weighted by Gasteiger charge is 2.29. The first-order chi connectivity index (χ1) is 14.7. The first-order valence-electron chi connectivity index (χ1n) is 10.5. The van der Waals surface area contributed by atoms with Crippen LogP contribution >= 0.6 is 0 Å². The molecule has 0 bridgehead atoms. The van der Waals surface area contributed by atoms with Gasteiger partial charge in [-0.15, -0.1) is 0 Å². The van der Waals surface area contributed by atoms with Gasteiger partial charge in [0.15, 0.2) is 5.89 Å². The minimum atomic E-state index is 0.0459. The van der Waals surface area contributed by atoms with Gasteiger partial charge in [-0.2, -0.15) is 0 Å². The van der Waals surface area contributed by atoms with E-state index in [9.17, 15) is 4.79 Å². The van der Waals surface area contributed by atoms with Crippen LogP contribution in [0.3, 0.4) is 0 Å². The van der Waals surface area contributed by atoms with E-state index in [-0.39, 0.29) is 11.8 Å². The van der Waals surface area contributed by atoms with Crippen molar-refractivity contribution in [1.29, 1.82) is 0 Å². The van der Waals surface area contributed by atoms with E-state index in [0.29, 0.717) is 12.2 Å². The van der Waals surface area contributed by atoms with E-state index in [1.165, 1.54) is 11.1 Å². The van der Waals surface area contributed by atoms with Crippen molar-refractivity contribution in [3.05, 3.63) is 89.3 Å². The third kappa shape index (κ3) is 3.75. The van der Waals surface area contributed by atoms with Gasteiger partial charge >= 0.3 is 0 Å². The predicted molar refractivity (Wildman–Crippen MR) is 117 cm³/mol. The van der Waals surface area contributed by atoms with Crippen LogP contribution in [0.25, 0.3) is 10.9 Å². The number of nitrogens with zero attached hydrogens (tertiary/aromatic N) is 2. The number of piperidine rings is 1. The van der Waals surface area contributed by atoms with Crippen LogP contribution in [0.2, 0.25) is 0 Å². The van der Waals surface area contributed by atoms with Crippen LogP contribution in [0.5, 0.6) is 0 Å². The molecule has 5 rings (SSSR count). The van der Waals surface area contributed by atoms with E-state index in [4.69, 9.17) is 4.42 Å². The first-order valence-corrected chi connectivity index (χ1v) is 10.5. The number of aromatic nitrogens is 2. The Balaban J connectivity index is 1.30. The van der Waals surface area contributed by atoms with E-state index in [1.54, 1.807) is 0 Å². The summed E-state index contributed by atoms with van der Waals surface area (Å²) in [5.41, 5.74) is 4.03. The van der Waals surface area contributed by atoms with Gasteiger partial charge in [-0.25, -0.2) is 4.98 Å². The molecule has 5 heteroatoms. The molecule has 1 N–H and O–H groups in total. The third-order valence-electron chi connectivity index (χ3n) is 5.86. The van der Waals surface area contributed by atoms with Crippen molar-refractivity contribution >= 4 is 16.8 Å². The number of carbonyl (C=O) groups excluding carboxylic acids is 1. The summed E-state index contributed by atoms with van der Waals surface area (Å²) in [6, 6.07) is 18.4. The van der Waals surface area contributed by atoms with Gasteiger partial charge in [0, 0.05) is 30.4 Å². The zero-order chi connectivity index (χ0) is 20.5. The van der Waals surface area contributed by atoms with Gasteiger partial charge in [0.1, 0.15) is 11.5 Å². The molecule has 0 unspecified atom stereocenters. The van der Waals surface area contributed by atoms with Gasteiger partial charge in [-0.3, -0.25) is 4.79 Å². The number of hydrogen-bond donors (Lipinski definition) is 1. The highest BCUT2D eigenvalue weighted by atomic mass is 16.4. The van der Waals surface area contributed by atoms with Crippen LogP contribution in [0.1, 0.15) is 52.0 Å². The number of H-pyrrole nitrogens is 1. The zero-order valence-electron chi connectivity index (χ0n) is 17.1. The Labute approximate surface area is 175 Å². The summed E-state index contributed by atoms with van der Waals surface area (Å²) in [5, 5.41) is 1.07. The second kappa shape index (κ2) is 7.82. The van der Waals surface area contributed by atoms with Gasteiger partial charge in [-0.05, 0) is 43.0 Å². The summed E-state index contributed by atoms with van der Waals surface area (Å²) in [6.45, 7) is 3.46. The van der Waals surface area contributed by atoms with E-state index in [1.807, 2.05) is 35.4 Å². The first kappa shape index (κ1) is 18.7. The lowest BCUT2D eigenvalue weighted by molar-refractivity contribution is 0.0693. The molecule has 1 amide bonds. The molecule has 2 aromatic carbocycles. The molecule has 3 heterocycles. The number of benzene rings is 2. The lowest BCUT2D eigenvalue weighted by Crippen LogP contribution is -2.39. The number of rotatable bonds is 4. The summed E-state index contributed by atoms with van der Waals surface area (Å²) in [4.78, 5) is 22.9. The number of hydrogen-bond acceptors (Lipinski definition) is 3. The molecule has 5 nitrogen and oxygen atoms in total. The average molecular weight is 399 g/mol. The van der Waals surface area contributed by atoms with E-state index in [0.717, 1.165) is 48.4 Å². The van der Waals surface area contributed by atoms with Crippen molar-refractivity contribution < 1.29 is 9.21 Å². The summed E-state index contributed by atoms with van der Waals surface area (Å²) < 4.78 is 6.07. The standard InChI is InChI=1S/C25H25N3O2/c1-17-9-10-19-14-23(27-22(19)12-17)25(29)28-11-5-8-20(16-28)24-26-15-21(30-24)13-18-6-3-2-4-7-18/h2-4,6-7,9-10,12,14-15,20,27H,5,8,11,13,16H2,1H3/t20-/m0/s1. The Kier molecular flexibility index (Phi) is 4.87. The minimum Gasteiger partial charge on any atom is -0.445 e. The normalized spacial score (nSPS) is 16.8. The molecule has 0 radical (unpaired) electrons. The molecule has 152 valence electrons. The predicted octanol–water partition coefficient (Wildman–Crippen LogP) is 5.07. The molecule has 1 aliphatic heterocycles. The monoisotopic (exact) mass is 399 g/mol. The second-order valence-corrected chi connectivity index (χ2v) is 8.19. The SMILES string of the molecule is Cc1ccc2cc(C(=O)N3CCC[C@H](c4ncc(Cc5ccccc5)o4)C3)[nH]c2c1. The Morgan fingerprint density at radius 3 is 2.93 bits per heavy atom. The van der Waals surface area contributed by atoms with Crippen LogP contribution in [0.15, 0.2) is 65.2 Å². The fourth-order valence-electron chi connectivity index (χ4n) is 4.28. The van der Waals surface area contributed by atoms with E-state index < -0.39 is 0 Å². The number of aryl methyl sites for hydroxylation is 1. The summed E-state index contributed by atoms with van der Waals surface area (Å²) in [5.74, 6) is 1.79. The fourth-order valence-corrected chi connectivity index (χ4v) is 4.28. The van der Waals surface area contributed by atoms with Gasteiger partial charge in [0.25, 0.3) is 5.91 Å².